The second kappa shape index (κ2) is 10.1. The summed E-state index contributed by atoms with van der Waals surface area (Å²) in [5, 5.41) is 3.46. The summed E-state index contributed by atoms with van der Waals surface area (Å²) in [5.74, 6) is 0. The molecular weight excluding hydrogens is 200 g/mol. The number of nitrogens with one attached hydrogen (secondary N) is 1. The fourth-order valence-electron chi connectivity index (χ4n) is 2.11. The SMILES string of the molecule is CCNC(C)CC(C)N(CC)CCOCC. The first kappa shape index (κ1) is 15.9. The Kier molecular flexibility index (Phi) is 9.99. The van der Waals surface area contributed by atoms with Crippen LogP contribution in [0.25, 0.3) is 0 Å². The first-order chi connectivity index (χ1) is 7.65. The number of hydrogen-bond donors (Lipinski definition) is 1. The van der Waals surface area contributed by atoms with Crippen LogP contribution in [-0.2, 0) is 4.74 Å². The summed E-state index contributed by atoms with van der Waals surface area (Å²) in [5.41, 5.74) is 0. The Labute approximate surface area is 102 Å². The van der Waals surface area contributed by atoms with Crippen LogP contribution < -0.4 is 5.32 Å². The molecule has 3 heteroatoms. The smallest absolute Gasteiger partial charge is 0.0593 e. The lowest BCUT2D eigenvalue weighted by Crippen LogP contribution is -2.40. The van der Waals surface area contributed by atoms with Crippen molar-refractivity contribution in [2.75, 3.05) is 32.8 Å². The zero-order chi connectivity index (χ0) is 12.4. The predicted molar refractivity (Wildman–Crippen MR) is 71.0 cm³/mol. The van der Waals surface area contributed by atoms with E-state index in [1.807, 2.05) is 6.92 Å². The Hall–Kier alpha value is -0.120. The van der Waals surface area contributed by atoms with E-state index in [4.69, 9.17) is 4.74 Å². The molecule has 0 radical (unpaired) electrons. The highest BCUT2D eigenvalue weighted by Crippen LogP contribution is 2.06. The molecule has 0 aliphatic heterocycles. The van der Waals surface area contributed by atoms with E-state index >= 15 is 0 Å². The van der Waals surface area contributed by atoms with Crippen molar-refractivity contribution < 1.29 is 4.74 Å². The van der Waals surface area contributed by atoms with E-state index in [0.29, 0.717) is 12.1 Å². The van der Waals surface area contributed by atoms with E-state index in [0.717, 1.165) is 32.8 Å². The van der Waals surface area contributed by atoms with Crippen molar-refractivity contribution in [3.8, 4) is 0 Å². The largest absolute Gasteiger partial charge is 0.380 e. The summed E-state index contributed by atoms with van der Waals surface area (Å²) in [4.78, 5) is 2.49. The van der Waals surface area contributed by atoms with Gasteiger partial charge in [0.15, 0.2) is 0 Å². The second-order valence-corrected chi connectivity index (χ2v) is 4.37. The lowest BCUT2D eigenvalue weighted by Gasteiger charge is -2.29. The molecule has 16 heavy (non-hydrogen) atoms. The van der Waals surface area contributed by atoms with Crippen molar-refractivity contribution >= 4 is 0 Å². The van der Waals surface area contributed by atoms with Crippen molar-refractivity contribution in [1.29, 1.82) is 0 Å². The maximum absolute atomic E-state index is 5.41. The van der Waals surface area contributed by atoms with Crippen LogP contribution in [0.1, 0.15) is 41.0 Å². The molecule has 3 nitrogen and oxygen atoms in total. The van der Waals surface area contributed by atoms with E-state index in [-0.39, 0.29) is 0 Å². The van der Waals surface area contributed by atoms with Crippen LogP contribution >= 0.6 is 0 Å². The molecule has 0 saturated heterocycles. The van der Waals surface area contributed by atoms with Gasteiger partial charge in [0.1, 0.15) is 0 Å². The molecule has 2 unspecified atom stereocenters. The number of likely N-dealkylation sites (N-methyl/N-ethyl adjacent to an activating group) is 1. The van der Waals surface area contributed by atoms with E-state index in [2.05, 4.69) is 37.9 Å². The first-order valence-electron chi connectivity index (χ1n) is 6.70. The van der Waals surface area contributed by atoms with Gasteiger partial charge in [-0.2, -0.15) is 0 Å². The molecule has 0 aromatic heterocycles. The summed E-state index contributed by atoms with van der Waals surface area (Å²) in [6, 6.07) is 1.22. The Morgan fingerprint density at radius 3 is 2.38 bits per heavy atom. The molecule has 0 aromatic carbocycles. The molecule has 0 spiro atoms. The molecule has 0 saturated carbocycles. The number of ether oxygens (including phenoxy) is 1. The summed E-state index contributed by atoms with van der Waals surface area (Å²) in [6.07, 6.45) is 1.20. The molecule has 0 aliphatic carbocycles. The minimum absolute atomic E-state index is 0.598. The Bertz CT molecular complexity index is 153. The van der Waals surface area contributed by atoms with Gasteiger partial charge in [-0.1, -0.05) is 13.8 Å². The number of nitrogens with zero attached hydrogens (tertiary/aromatic N) is 1. The maximum Gasteiger partial charge on any atom is 0.0593 e. The van der Waals surface area contributed by atoms with Gasteiger partial charge in [-0.25, -0.2) is 0 Å². The molecule has 0 aliphatic rings. The molecule has 0 aromatic rings. The second-order valence-electron chi connectivity index (χ2n) is 4.37. The van der Waals surface area contributed by atoms with Crippen LogP contribution in [0.4, 0.5) is 0 Å². The molecule has 1 N–H and O–H groups in total. The first-order valence-corrected chi connectivity index (χ1v) is 6.70. The van der Waals surface area contributed by atoms with Crippen LogP contribution in [0, 0.1) is 0 Å². The fourth-order valence-corrected chi connectivity index (χ4v) is 2.11. The van der Waals surface area contributed by atoms with Crippen molar-refractivity contribution in [2.24, 2.45) is 0 Å². The Morgan fingerprint density at radius 2 is 1.88 bits per heavy atom. The Morgan fingerprint density at radius 1 is 1.19 bits per heavy atom. The zero-order valence-corrected chi connectivity index (χ0v) is 11.8. The van der Waals surface area contributed by atoms with Crippen molar-refractivity contribution in [1.82, 2.24) is 10.2 Å². The summed E-state index contributed by atoms with van der Waals surface area (Å²) in [6.45, 7) is 15.9. The van der Waals surface area contributed by atoms with E-state index in [9.17, 15) is 0 Å². The lowest BCUT2D eigenvalue weighted by molar-refractivity contribution is 0.0960. The predicted octanol–water partition coefficient (Wildman–Crippen LogP) is 2.12. The topological polar surface area (TPSA) is 24.5 Å². The van der Waals surface area contributed by atoms with Gasteiger partial charge in [0, 0.05) is 25.2 Å². The molecule has 0 rings (SSSR count). The molecule has 98 valence electrons. The van der Waals surface area contributed by atoms with Crippen molar-refractivity contribution in [2.45, 2.75) is 53.1 Å². The van der Waals surface area contributed by atoms with Crippen LogP contribution in [0.3, 0.4) is 0 Å². The minimum atomic E-state index is 0.598. The molecule has 0 fully saturated rings. The maximum atomic E-state index is 5.41. The van der Waals surface area contributed by atoms with Crippen LogP contribution in [0.2, 0.25) is 0 Å². The average molecular weight is 230 g/mol. The van der Waals surface area contributed by atoms with Gasteiger partial charge in [0.2, 0.25) is 0 Å². The summed E-state index contributed by atoms with van der Waals surface area (Å²) >= 11 is 0. The molecule has 0 heterocycles. The quantitative estimate of drug-likeness (QED) is 0.582. The van der Waals surface area contributed by atoms with Crippen molar-refractivity contribution in [3.05, 3.63) is 0 Å². The van der Waals surface area contributed by atoms with Gasteiger partial charge in [0.25, 0.3) is 0 Å². The summed E-state index contributed by atoms with van der Waals surface area (Å²) in [7, 11) is 0. The molecular formula is C13H30N2O. The van der Waals surface area contributed by atoms with E-state index < -0.39 is 0 Å². The van der Waals surface area contributed by atoms with Crippen molar-refractivity contribution in [3.63, 3.8) is 0 Å². The normalized spacial score (nSPS) is 15.4. The number of rotatable bonds is 10. The van der Waals surface area contributed by atoms with E-state index in [1.54, 1.807) is 0 Å². The van der Waals surface area contributed by atoms with Gasteiger partial charge in [-0.05, 0) is 40.3 Å². The van der Waals surface area contributed by atoms with Gasteiger partial charge < -0.3 is 10.1 Å². The van der Waals surface area contributed by atoms with Crippen LogP contribution in [0.15, 0.2) is 0 Å². The number of hydrogen-bond acceptors (Lipinski definition) is 3. The molecule has 2 atom stereocenters. The highest BCUT2D eigenvalue weighted by atomic mass is 16.5. The molecule has 0 bridgehead atoms. The Balaban J connectivity index is 3.84. The van der Waals surface area contributed by atoms with Gasteiger partial charge in [0.05, 0.1) is 6.61 Å². The average Bonchev–Trinajstić information content (AvgIpc) is 2.24. The van der Waals surface area contributed by atoms with E-state index in [1.165, 1.54) is 6.42 Å². The third-order valence-electron chi connectivity index (χ3n) is 3.00. The third-order valence-corrected chi connectivity index (χ3v) is 3.00. The summed E-state index contributed by atoms with van der Waals surface area (Å²) < 4.78 is 5.41. The standard InChI is InChI=1S/C13H30N2O/c1-6-14-12(4)11-13(5)15(7-2)9-10-16-8-3/h12-14H,6-11H2,1-5H3. The van der Waals surface area contributed by atoms with Gasteiger partial charge >= 0.3 is 0 Å². The zero-order valence-electron chi connectivity index (χ0n) is 11.8. The third kappa shape index (κ3) is 7.20. The highest BCUT2D eigenvalue weighted by Gasteiger charge is 2.14. The van der Waals surface area contributed by atoms with Crippen LogP contribution in [0.5, 0.6) is 0 Å². The minimum Gasteiger partial charge on any atom is -0.380 e. The lowest BCUT2D eigenvalue weighted by atomic mass is 10.1. The fraction of sp³-hybridized carbons (Fsp3) is 1.00. The molecule has 0 amide bonds. The van der Waals surface area contributed by atoms with Gasteiger partial charge in [-0.15, -0.1) is 0 Å². The van der Waals surface area contributed by atoms with Gasteiger partial charge in [-0.3, -0.25) is 4.90 Å². The highest BCUT2D eigenvalue weighted by molar-refractivity contribution is 4.72. The monoisotopic (exact) mass is 230 g/mol. The van der Waals surface area contributed by atoms with Crippen LogP contribution in [-0.4, -0.2) is 49.8 Å².